The molecule has 0 aliphatic heterocycles. The second kappa shape index (κ2) is 6.29. The molecule has 0 saturated carbocycles. The van der Waals surface area contributed by atoms with Crippen LogP contribution < -0.4 is 15.6 Å². The maximum absolute atomic E-state index is 12.0. The van der Waals surface area contributed by atoms with Gasteiger partial charge in [-0.15, -0.1) is 13.2 Å². The average Bonchev–Trinajstić information content (AvgIpc) is 2.42. The van der Waals surface area contributed by atoms with Gasteiger partial charge in [0, 0.05) is 18.0 Å². The van der Waals surface area contributed by atoms with Crippen molar-refractivity contribution in [3.63, 3.8) is 0 Å². The van der Waals surface area contributed by atoms with Gasteiger partial charge in [-0.05, 0) is 30.3 Å². The Hall–Kier alpha value is -2.84. The highest BCUT2D eigenvalue weighted by molar-refractivity contribution is 5.90. The van der Waals surface area contributed by atoms with Crippen molar-refractivity contribution in [1.29, 1.82) is 0 Å². The quantitative estimate of drug-likeness (QED) is 0.934. The van der Waals surface area contributed by atoms with Gasteiger partial charge in [0.1, 0.15) is 12.3 Å². The van der Waals surface area contributed by atoms with Crippen LogP contribution in [0.1, 0.15) is 0 Å². The van der Waals surface area contributed by atoms with Gasteiger partial charge in [0.15, 0.2) is 0 Å². The Labute approximate surface area is 122 Å². The number of halogens is 3. The number of alkyl halides is 3. The van der Waals surface area contributed by atoms with Gasteiger partial charge < -0.3 is 10.1 Å². The largest absolute Gasteiger partial charge is 0.573 e. The molecule has 0 aliphatic carbocycles. The molecule has 1 aromatic carbocycles. The summed E-state index contributed by atoms with van der Waals surface area (Å²) < 4.78 is 40.7. The third-order valence-corrected chi connectivity index (χ3v) is 2.45. The minimum absolute atomic E-state index is 0.267. The first-order valence-corrected chi connectivity index (χ1v) is 6.01. The predicted octanol–water partition coefficient (Wildman–Crippen LogP) is 1.78. The van der Waals surface area contributed by atoms with Crippen LogP contribution in [0.3, 0.4) is 0 Å². The van der Waals surface area contributed by atoms with E-state index in [-0.39, 0.29) is 12.2 Å². The van der Waals surface area contributed by atoms with E-state index in [0.717, 1.165) is 16.8 Å². The van der Waals surface area contributed by atoms with Gasteiger partial charge in [0.05, 0.1) is 0 Å². The fourth-order valence-electron chi connectivity index (χ4n) is 1.58. The van der Waals surface area contributed by atoms with Gasteiger partial charge >= 0.3 is 6.36 Å². The zero-order chi connectivity index (χ0) is 16.2. The fourth-order valence-corrected chi connectivity index (χ4v) is 1.58. The summed E-state index contributed by atoms with van der Waals surface area (Å²) in [5.41, 5.74) is -0.171. The molecule has 1 heterocycles. The number of rotatable bonds is 4. The molecule has 0 fully saturated rings. The van der Waals surface area contributed by atoms with Gasteiger partial charge in [0.2, 0.25) is 5.91 Å². The summed E-state index contributed by atoms with van der Waals surface area (Å²) in [5, 5.41) is 6.14. The van der Waals surface area contributed by atoms with E-state index in [0.29, 0.717) is 0 Å². The first kappa shape index (κ1) is 15.5. The van der Waals surface area contributed by atoms with E-state index in [1.54, 1.807) is 0 Å². The Kier molecular flexibility index (Phi) is 4.44. The van der Waals surface area contributed by atoms with Crippen LogP contribution in [0.4, 0.5) is 18.9 Å². The number of anilines is 1. The summed E-state index contributed by atoms with van der Waals surface area (Å²) in [6, 6.07) is 7.33. The number of hydrogen-bond donors (Lipinski definition) is 1. The molecule has 22 heavy (non-hydrogen) atoms. The van der Waals surface area contributed by atoms with Crippen LogP contribution in [0.25, 0.3) is 0 Å². The van der Waals surface area contributed by atoms with E-state index < -0.39 is 23.6 Å². The minimum Gasteiger partial charge on any atom is -0.406 e. The topological polar surface area (TPSA) is 73.2 Å². The summed E-state index contributed by atoms with van der Waals surface area (Å²) in [5.74, 6) is -0.934. The number of amides is 1. The first-order valence-electron chi connectivity index (χ1n) is 6.01. The molecular weight excluding hydrogens is 303 g/mol. The second-order valence-corrected chi connectivity index (χ2v) is 4.14. The summed E-state index contributed by atoms with van der Waals surface area (Å²) in [7, 11) is 0. The van der Waals surface area contributed by atoms with Crippen molar-refractivity contribution in [3.8, 4) is 5.75 Å². The van der Waals surface area contributed by atoms with Gasteiger partial charge in [-0.2, -0.15) is 5.10 Å². The highest BCUT2D eigenvalue weighted by atomic mass is 19.4. The van der Waals surface area contributed by atoms with E-state index in [2.05, 4.69) is 15.2 Å². The van der Waals surface area contributed by atoms with Crippen LogP contribution in [-0.4, -0.2) is 22.1 Å². The second-order valence-electron chi connectivity index (χ2n) is 4.14. The van der Waals surface area contributed by atoms with Crippen molar-refractivity contribution in [1.82, 2.24) is 9.78 Å². The Bertz CT molecular complexity index is 711. The van der Waals surface area contributed by atoms with Crippen LogP contribution in [-0.2, 0) is 11.3 Å². The van der Waals surface area contributed by atoms with Crippen molar-refractivity contribution < 1.29 is 22.7 Å². The number of benzene rings is 1. The maximum atomic E-state index is 12.0. The summed E-state index contributed by atoms with van der Waals surface area (Å²) in [6.07, 6.45) is -3.41. The Balaban J connectivity index is 1.97. The lowest BCUT2D eigenvalue weighted by Gasteiger charge is -2.10. The highest BCUT2D eigenvalue weighted by Crippen LogP contribution is 2.23. The number of carbonyl (C=O) groups excluding carboxylic acids is 1. The summed E-state index contributed by atoms with van der Waals surface area (Å²) >= 11 is 0. The third-order valence-electron chi connectivity index (χ3n) is 2.45. The van der Waals surface area contributed by atoms with Gasteiger partial charge in [-0.3, -0.25) is 9.59 Å². The lowest BCUT2D eigenvalue weighted by Crippen LogP contribution is -2.28. The smallest absolute Gasteiger partial charge is 0.406 e. The van der Waals surface area contributed by atoms with Crippen LogP contribution in [0.2, 0.25) is 0 Å². The summed E-state index contributed by atoms with van der Waals surface area (Å²) in [6.45, 7) is -0.305. The van der Waals surface area contributed by atoms with E-state index in [4.69, 9.17) is 0 Å². The normalized spacial score (nSPS) is 11.0. The van der Waals surface area contributed by atoms with E-state index >= 15 is 0 Å². The highest BCUT2D eigenvalue weighted by Gasteiger charge is 2.30. The molecule has 1 amide bonds. The summed E-state index contributed by atoms with van der Waals surface area (Å²) in [4.78, 5) is 23.1. The molecule has 1 N–H and O–H groups in total. The van der Waals surface area contributed by atoms with E-state index in [1.807, 2.05) is 0 Å². The lowest BCUT2D eigenvalue weighted by molar-refractivity contribution is -0.274. The lowest BCUT2D eigenvalue weighted by atomic mass is 10.3. The Morgan fingerprint density at radius 3 is 2.50 bits per heavy atom. The number of hydrogen-bond acceptors (Lipinski definition) is 4. The van der Waals surface area contributed by atoms with Gasteiger partial charge in [-0.1, -0.05) is 0 Å². The molecule has 9 heteroatoms. The maximum Gasteiger partial charge on any atom is 0.573 e. The molecule has 0 saturated heterocycles. The van der Waals surface area contributed by atoms with Crippen molar-refractivity contribution in [2.75, 3.05) is 5.32 Å². The Morgan fingerprint density at radius 2 is 1.91 bits per heavy atom. The molecule has 0 aliphatic rings. The number of ether oxygens (including phenoxy) is 1. The van der Waals surface area contributed by atoms with E-state index in [9.17, 15) is 22.8 Å². The molecule has 6 nitrogen and oxygen atoms in total. The van der Waals surface area contributed by atoms with Crippen LogP contribution in [0.15, 0.2) is 47.4 Å². The molecule has 0 radical (unpaired) electrons. The van der Waals surface area contributed by atoms with E-state index in [1.165, 1.54) is 30.5 Å². The fraction of sp³-hybridized carbons (Fsp3) is 0.154. The van der Waals surface area contributed by atoms with Crippen molar-refractivity contribution >= 4 is 11.6 Å². The average molecular weight is 313 g/mol. The predicted molar refractivity (Wildman–Crippen MR) is 70.3 cm³/mol. The third kappa shape index (κ3) is 4.62. The van der Waals surface area contributed by atoms with Crippen molar-refractivity contribution in [2.45, 2.75) is 12.9 Å². The first-order chi connectivity index (χ1) is 10.3. The molecule has 2 aromatic rings. The molecule has 116 valence electrons. The number of nitrogens with one attached hydrogen (secondary N) is 1. The molecule has 1 aromatic heterocycles. The Morgan fingerprint density at radius 1 is 1.23 bits per heavy atom. The monoisotopic (exact) mass is 313 g/mol. The van der Waals surface area contributed by atoms with Crippen LogP contribution >= 0.6 is 0 Å². The zero-order valence-corrected chi connectivity index (χ0v) is 11.0. The SMILES string of the molecule is O=C(Cn1ncccc1=O)Nc1ccc(OC(F)(F)F)cc1. The molecule has 0 bridgehead atoms. The number of carbonyl (C=O) groups is 1. The van der Waals surface area contributed by atoms with Crippen molar-refractivity contribution in [3.05, 3.63) is 52.9 Å². The van der Waals surface area contributed by atoms with Crippen LogP contribution in [0, 0.1) is 0 Å². The molecule has 0 spiro atoms. The van der Waals surface area contributed by atoms with Crippen LogP contribution in [0.5, 0.6) is 5.75 Å². The molecule has 0 unspecified atom stereocenters. The molecule has 2 rings (SSSR count). The zero-order valence-electron chi connectivity index (χ0n) is 11.0. The van der Waals surface area contributed by atoms with Gasteiger partial charge in [-0.25, -0.2) is 4.68 Å². The molecule has 0 atom stereocenters. The number of nitrogens with zero attached hydrogens (tertiary/aromatic N) is 2. The molecular formula is C13H10F3N3O3. The van der Waals surface area contributed by atoms with Gasteiger partial charge in [0.25, 0.3) is 5.56 Å². The minimum atomic E-state index is -4.77. The van der Waals surface area contributed by atoms with Crippen molar-refractivity contribution in [2.24, 2.45) is 0 Å². The number of aromatic nitrogens is 2. The standard InChI is InChI=1S/C13H10F3N3O3/c14-13(15,16)22-10-5-3-9(4-6-10)18-11(20)8-19-12(21)2-1-7-17-19/h1-7H,8H2,(H,18,20).